The third-order valence-electron chi connectivity index (χ3n) is 4.21. The number of fused-ring (bicyclic) bond motifs is 1. The van der Waals surface area contributed by atoms with Crippen molar-refractivity contribution in [2.24, 2.45) is 5.41 Å². The van der Waals surface area contributed by atoms with Crippen LogP contribution in [0.2, 0.25) is 0 Å². The van der Waals surface area contributed by atoms with E-state index < -0.39 is 0 Å². The van der Waals surface area contributed by atoms with E-state index in [0.717, 1.165) is 12.8 Å². The Morgan fingerprint density at radius 2 is 1.69 bits per heavy atom. The summed E-state index contributed by atoms with van der Waals surface area (Å²) in [5, 5.41) is 0.202. The number of alkyl halides is 2. The molecule has 76 valence electrons. The van der Waals surface area contributed by atoms with Crippen molar-refractivity contribution in [1.29, 1.82) is 0 Å². The first-order valence-electron chi connectivity index (χ1n) is 5.41. The van der Waals surface area contributed by atoms with Crippen LogP contribution in [0, 0.1) is 5.41 Å². The summed E-state index contributed by atoms with van der Waals surface area (Å²) in [4.78, 5) is -0.0922. The molecule has 0 nitrogen and oxygen atoms in total. The van der Waals surface area contributed by atoms with Crippen molar-refractivity contribution >= 4 is 23.2 Å². The predicted molar refractivity (Wildman–Crippen MR) is 58.7 cm³/mol. The molecular formula is C11H18Cl2. The van der Waals surface area contributed by atoms with Crippen molar-refractivity contribution in [3.63, 3.8) is 0 Å². The van der Waals surface area contributed by atoms with Gasteiger partial charge in [-0.25, -0.2) is 0 Å². The number of hydrogen-bond donors (Lipinski definition) is 0. The lowest BCUT2D eigenvalue weighted by Crippen LogP contribution is -2.53. The molecule has 0 aromatic carbocycles. The smallest absolute Gasteiger partial charge is 0.0663 e. The van der Waals surface area contributed by atoms with Crippen molar-refractivity contribution in [3.8, 4) is 0 Å². The Morgan fingerprint density at radius 3 is 2.38 bits per heavy atom. The van der Waals surface area contributed by atoms with Crippen LogP contribution in [0.4, 0.5) is 0 Å². The minimum absolute atomic E-state index is 0.0922. The average molecular weight is 221 g/mol. The summed E-state index contributed by atoms with van der Waals surface area (Å²) in [6.07, 6.45) is 8.66. The first kappa shape index (κ1) is 10.1. The van der Waals surface area contributed by atoms with Crippen LogP contribution in [0.25, 0.3) is 0 Å². The normalized spacial score (nSPS) is 51.5. The molecule has 0 bridgehead atoms. The zero-order valence-electron chi connectivity index (χ0n) is 8.28. The van der Waals surface area contributed by atoms with Crippen molar-refractivity contribution in [3.05, 3.63) is 0 Å². The van der Waals surface area contributed by atoms with Gasteiger partial charge in [-0.15, -0.1) is 23.2 Å². The highest BCUT2D eigenvalue weighted by molar-refractivity contribution is 6.33. The van der Waals surface area contributed by atoms with E-state index in [2.05, 4.69) is 6.92 Å². The van der Waals surface area contributed by atoms with E-state index in [0.29, 0.717) is 5.41 Å². The Kier molecular flexibility index (Phi) is 2.57. The van der Waals surface area contributed by atoms with Crippen LogP contribution in [0.5, 0.6) is 0 Å². The van der Waals surface area contributed by atoms with Crippen LogP contribution in [-0.4, -0.2) is 10.3 Å². The third kappa shape index (κ3) is 1.41. The van der Waals surface area contributed by atoms with Gasteiger partial charge in [0.15, 0.2) is 0 Å². The summed E-state index contributed by atoms with van der Waals surface area (Å²) in [6.45, 7) is 2.34. The van der Waals surface area contributed by atoms with Gasteiger partial charge in [-0.1, -0.05) is 26.2 Å². The van der Waals surface area contributed by atoms with E-state index in [-0.39, 0.29) is 10.3 Å². The maximum Gasteiger partial charge on any atom is 0.0663 e. The lowest BCUT2D eigenvalue weighted by molar-refractivity contribution is 0.0917. The van der Waals surface area contributed by atoms with E-state index in [1.54, 1.807) is 0 Å². The predicted octanol–water partition coefficient (Wildman–Crippen LogP) is 4.34. The molecule has 0 heterocycles. The van der Waals surface area contributed by atoms with E-state index in [1.165, 1.54) is 32.1 Å². The van der Waals surface area contributed by atoms with Gasteiger partial charge in [0.2, 0.25) is 0 Å². The van der Waals surface area contributed by atoms with Crippen LogP contribution < -0.4 is 0 Å². The molecule has 0 aliphatic heterocycles. The lowest BCUT2D eigenvalue weighted by atomic mass is 9.60. The fourth-order valence-electron chi connectivity index (χ4n) is 3.17. The highest BCUT2D eigenvalue weighted by atomic mass is 35.5. The number of hydrogen-bond acceptors (Lipinski definition) is 0. The van der Waals surface area contributed by atoms with Gasteiger partial charge in [0.25, 0.3) is 0 Å². The van der Waals surface area contributed by atoms with Crippen LogP contribution in [0.3, 0.4) is 0 Å². The first-order valence-corrected chi connectivity index (χ1v) is 6.23. The number of rotatable bonds is 0. The molecule has 0 radical (unpaired) electrons. The number of halogens is 2. The minimum atomic E-state index is -0.0922. The maximum absolute atomic E-state index is 6.74. The second-order valence-electron chi connectivity index (χ2n) is 4.99. The molecule has 2 heteroatoms. The largest absolute Gasteiger partial charge is 0.121 e. The van der Waals surface area contributed by atoms with Gasteiger partial charge in [0, 0.05) is 0 Å². The Morgan fingerprint density at radius 1 is 1.08 bits per heavy atom. The quantitative estimate of drug-likeness (QED) is 0.534. The molecule has 2 rings (SSSR count). The van der Waals surface area contributed by atoms with Gasteiger partial charge >= 0.3 is 0 Å². The summed E-state index contributed by atoms with van der Waals surface area (Å²) in [5.74, 6) is 0. The zero-order chi connectivity index (χ0) is 9.53. The van der Waals surface area contributed by atoms with E-state index >= 15 is 0 Å². The average Bonchev–Trinajstić information content (AvgIpc) is 2.09. The molecule has 0 unspecified atom stereocenters. The molecule has 3 atom stereocenters. The van der Waals surface area contributed by atoms with Crippen LogP contribution in [0.15, 0.2) is 0 Å². The molecule has 0 aromatic heterocycles. The van der Waals surface area contributed by atoms with Gasteiger partial charge in [0.1, 0.15) is 0 Å². The third-order valence-corrected chi connectivity index (χ3v) is 5.82. The minimum Gasteiger partial charge on any atom is -0.121 e. The molecule has 0 spiro atoms. The molecule has 13 heavy (non-hydrogen) atoms. The first-order chi connectivity index (χ1) is 6.08. The molecule has 2 aliphatic rings. The van der Waals surface area contributed by atoms with Crippen LogP contribution in [0.1, 0.15) is 51.9 Å². The van der Waals surface area contributed by atoms with Crippen molar-refractivity contribution in [2.75, 3.05) is 0 Å². The fourth-order valence-corrected chi connectivity index (χ4v) is 4.13. The lowest BCUT2D eigenvalue weighted by Gasteiger charge is -2.53. The van der Waals surface area contributed by atoms with E-state index in [9.17, 15) is 0 Å². The van der Waals surface area contributed by atoms with Crippen molar-refractivity contribution < 1.29 is 0 Å². The summed E-state index contributed by atoms with van der Waals surface area (Å²) >= 11 is 13.1. The van der Waals surface area contributed by atoms with Gasteiger partial charge in [0.05, 0.1) is 10.3 Å². The highest BCUT2D eigenvalue weighted by Gasteiger charge is 2.54. The molecule has 2 saturated carbocycles. The Balaban J connectivity index is 2.27. The Labute approximate surface area is 91.0 Å². The van der Waals surface area contributed by atoms with Gasteiger partial charge < -0.3 is 0 Å². The fraction of sp³-hybridized carbons (Fsp3) is 1.00. The summed E-state index contributed by atoms with van der Waals surface area (Å²) < 4.78 is 0. The van der Waals surface area contributed by atoms with Crippen LogP contribution in [-0.2, 0) is 0 Å². The van der Waals surface area contributed by atoms with Gasteiger partial charge in [-0.2, -0.15) is 0 Å². The van der Waals surface area contributed by atoms with Crippen LogP contribution >= 0.6 is 23.2 Å². The molecule has 0 aromatic rings. The summed E-state index contributed by atoms with van der Waals surface area (Å²) in [7, 11) is 0. The zero-order valence-corrected chi connectivity index (χ0v) is 9.79. The van der Waals surface area contributed by atoms with E-state index in [4.69, 9.17) is 23.2 Å². The van der Waals surface area contributed by atoms with Crippen molar-refractivity contribution in [2.45, 2.75) is 62.1 Å². The Hall–Kier alpha value is 0.580. The summed E-state index contributed by atoms with van der Waals surface area (Å²) in [5.41, 5.74) is 0.317. The molecule has 0 saturated heterocycles. The van der Waals surface area contributed by atoms with Crippen molar-refractivity contribution in [1.82, 2.24) is 0 Å². The monoisotopic (exact) mass is 220 g/mol. The molecule has 2 aliphatic carbocycles. The molecule has 2 fully saturated rings. The summed E-state index contributed by atoms with van der Waals surface area (Å²) in [6, 6.07) is 0. The topological polar surface area (TPSA) is 0 Å². The maximum atomic E-state index is 6.74. The van der Waals surface area contributed by atoms with E-state index in [1.807, 2.05) is 0 Å². The second-order valence-corrected chi connectivity index (χ2v) is 6.19. The molecule has 0 amide bonds. The second kappa shape index (κ2) is 3.31. The SMILES string of the molecule is C[C@]12CCCC[C@]1(Cl)[C@@H](Cl)CCC2. The highest BCUT2D eigenvalue weighted by Crippen LogP contribution is 2.58. The van der Waals surface area contributed by atoms with Gasteiger partial charge in [-0.05, 0) is 31.1 Å². The van der Waals surface area contributed by atoms with Gasteiger partial charge in [-0.3, -0.25) is 0 Å². The molecule has 0 N–H and O–H groups in total. The standard InChI is InChI=1S/C11H18Cl2/c1-10-6-2-3-8-11(10,13)9(12)5-4-7-10/h9H,2-8H2,1H3/t9-,10+,11-/m0/s1. The Bertz CT molecular complexity index is 200. The molecular weight excluding hydrogens is 203 g/mol.